The molecule has 0 unspecified atom stereocenters. The van der Waals surface area contributed by atoms with Crippen molar-refractivity contribution >= 4 is 17.2 Å². The summed E-state index contributed by atoms with van der Waals surface area (Å²) in [5.74, 6) is -0.00854. The highest BCUT2D eigenvalue weighted by Crippen LogP contribution is 2.44. The number of fused-ring (bicyclic) bond motifs is 2. The van der Waals surface area contributed by atoms with Gasteiger partial charge in [-0.05, 0) is 24.3 Å². The van der Waals surface area contributed by atoms with Gasteiger partial charge in [-0.25, -0.2) is 0 Å². The number of phenolic OH excluding ortho intramolecular Hbond substituents is 1. The first-order valence-corrected chi connectivity index (χ1v) is 6.03. The molecule has 1 aromatic carbocycles. The molecule has 2 aliphatic rings. The first-order chi connectivity index (χ1) is 8.91. The third-order valence-electron chi connectivity index (χ3n) is 3.73. The van der Waals surface area contributed by atoms with Crippen molar-refractivity contribution in [2.45, 2.75) is 19.3 Å². The van der Waals surface area contributed by atoms with E-state index >= 15 is 0 Å². The van der Waals surface area contributed by atoms with Crippen LogP contribution in [0.5, 0.6) is 5.75 Å². The Balaban J connectivity index is 2.37. The van der Waals surface area contributed by atoms with E-state index in [0.29, 0.717) is 17.0 Å². The van der Waals surface area contributed by atoms with E-state index in [9.17, 15) is 15.1 Å². The Morgan fingerprint density at radius 2 is 2.00 bits per heavy atom. The van der Waals surface area contributed by atoms with Crippen LogP contribution in [0.1, 0.15) is 19.4 Å². The third-order valence-corrected chi connectivity index (χ3v) is 3.73. The molecule has 1 N–H and O–H groups in total. The summed E-state index contributed by atoms with van der Waals surface area (Å²) in [4.78, 5) is 11.5. The zero-order valence-corrected chi connectivity index (χ0v) is 10.7. The second kappa shape index (κ2) is 3.57. The quantitative estimate of drug-likeness (QED) is 0.439. The van der Waals surface area contributed by atoms with E-state index in [1.54, 1.807) is 18.2 Å². The summed E-state index contributed by atoms with van der Waals surface area (Å²) in [6, 6.07) is 4.68. The van der Waals surface area contributed by atoms with Crippen LogP contribution in [0.3, 0.4) is 0 Å². The normalized spacial score (nSPS) is 19.9. The summed E-state index contributed by atoms with van der Waals surface area (Å²) < 4.78 is 0.814. The molecule has 1 aliphatic carbocycles. The number of aromatic hydroxyl groups is 1. The van der Waals surface area contributed by atoms with E-state index in [2.05, 4.69) is 0 Å². The first-order valence-electron chi connectivity index (χ1n) is 6.03. The monoisotopic (exact) mass is 255 g/mol. The number of carbonyl (C=O) groups is 1. The maximum atomic E-state index is 12.4. The van der Waals surface area contributed by atoms with Crippen LogP contribution in [0.15, 0.2) is 42.0 Å². The van der Waals surface area contributed by atoms with Gasteiger partial charge in [0.25, 0.3) is 0 Å². The first kappa shape index (κ1) is 11.7. The largest absolute Gasteiger partial charge is 0.618 e. The SMILES string of the molecule is CC1(C)C2=CC(=O)C=CC2=[N+]([O-])c2ccc(O)cc21. The predicted octanol–water partition coefficient (Wildman–Crippen LogP) is 2.33. The van der Waals surface area contributed by atoms with Gasteiger partial charge in [0, 0.05) is 28.7 Å². The van der Waals surface area contributed by atoms with E-state index < -0.39 is 5.41 Å². The molecule has 4 nitrogen and oxygen atoms in total. The highest BCUT2D eigenvalue weighted by Gasteiger charge is 2.42. The van der Waals surface area contributed by atoms with Crippen molar-refractivity contribution in [1.82, 2.24) is 0 Å². The van der Waals surface area contributed by atoms with Gasteiger partial charge in [-0.2, -0.15) is 4.74 Å². The van der Waals surface area contributed by atoms with Gasteiger partial charge in [-0.15, -0.1) is 0 Å². The summed E-state index contributed by atoms with van der Waals surface area (Å²) >= 11 is 0. The van der Waals surface area contributed by atoms with Crippen molar-refractivity contribution in [3.05, 3.63) is 52.8 Å². The summed E-state index contributed by atoms with van der Waals surface area (Å²) in [6.45, 7) is 3.88. The fraction of sp³-hybridized carbons (Fsp3) is 0.200. The number of nitrogens with zero attached hydrogens (tertiary/aromatic N) is 1. The number of ketones is 1. The molecule has 1 aromatic rings. The number of benzene rings is 1. The van der Waals surface area contributed by atoms with Crippen molar-refractivity contribution in [2.75, 3.05) is 0 Å². The van der Waals surface area contributed by atoms with Crippen LogP contribution in [-0.2, 0) is 10.2 Å². The third kappa shape index (κ3) is 1.53. The lowest BCUT2D eigenvalue weighted by Crippen LogP contribution is -2.35. The van der Waals surface area contributed by atoms with E-state index in [4.69, 9.17) is 0 Å². The summed E-state index contributed by atoms with van der Waals surface area (Å²) in [7, 11) is 0. The van der Waals surface area contributed by atoms with E-state index in [1.165, 1.54) is 18.2 Å². The predicted molar refractivity (Wildman–Crippen MR) is 71.7 cm³/mol. The van der Waals surface area contributed by atoms with Crippen LogP contribution in [-0.4, -0.2) is 21.3 Å². The fourth-order valence-corrected chi connectivity index (χ4v) is 2.67. The summed E-state index contributed by atoms with van der Waals surface area (Å²) in [6.07, 6.45) is 4.45. The molecule has 0 radical (unpaired) electrons. The molecule has 0 fully saturated rings. The molecule has 0 saturated heterocycles. The van der Waals surface area contributed by atoms with Crippen molar-refractivity contribution in [2.24, 2.45) is 0 Å². The molecule has 0 atom stereocenters. The van der Waals surface area contributed by atoms with Gasteiger partial charge in [0.05, 0.1) is 0 Å². The Labute approximate surface area is 110 Å². The molecular weight excluding hydrogens is 242 g/mol. The minimum absolute atomic E-state index is 0.113. The van der Waals surface area contributed by atoms with Crippen molar-refractivity contribution in [3.63, 3.8) is 0 Å². The fourth-order valence-electron chi connectivity index (χ4n) is 2.67. The zero-order chi connectivity index (χ0) is 13.8. The van der Waals surface area contributed by atoms with Gasteiger partial charge in [0.15, 0.2) is 5.78 Å². The van der Waals surface area contributed by atoms with Gasteiger partial charge < -0.3 is 10.3 Å². The minimum atomic E-state index is -0.495. The Bertz CT molecular complexity index is 693. The lowest BCUT2D eigenvalue weighted by molar-refractivity contribution is -0.362. The van der Waals surface area contributed by atoms with Crippen LogP contribution < -0.4 is 0 Å². The molecular formula is C15H13NO3. The molecule has 0 saturated carbocycles. The van der Waals surface area contributed by atoms with Gasteiger partial charge >= 0.3 is 0 Å². The van der Waals surface area contributed by atoms with Crippen LogP contribution in [0.2, 0.25) is 0 Å². The number of allylic oxidation sites excluding steroid dienone is 4. The molecule has 0 amide bonds. The summed E-state index contributed by atoms with van der Waals surface area (Å²) in [5, 5.41) is 22.0. The molecule has 19 heavy (non-hydrogen) atoms. The average molecular weight is 255 g/mol. The zero-order valence-electron chi connectivity index (χ0n) is 10.7. The van der Waals surface area contributed by atoms with E-state index in [-0.39, 0.29) is 11.5 Å². The second-order valence-corrected chi connectivity index (χ2v) is 5.30. The second-order valence-electron chi connectivity index (χ2n) is 5.30. The minimum Gasteiger partial charge on any atom is -0.618 e. The van der Waals surface area contributed by atoms with Gasteiger partial charge in [0.2, 0.25) is 11.4 Å². The topological polar surface area (TPSA) is 63.4 Å². The number of carbonyl (C=O) groups excluding carboxylic acids is 1. The Kier molecular flexibility index (Phi) is 2.20. The number of hydrogen-bond acceptors (Lipinski definition) is 3. The molecule has 0 spiro atoms. The standard InChI is InChI=1S/C15H13NO3/c1-15(2)11-7-9(17)3-5-13(11)16(19)14-6-4-10(18)8-12(14)15/h3-8,17H,1-2H3. The molecule has 3 rings (SSSR count). The molecule has 1 heterocycles. The maximum Gasteiger partial charge on any atom is 0.221 e. The Morgan fingerprint density at radius 3 is 2.74 bits per heavy atom. The van der Waals surface area contributed by atoms with E-state index in [1.807, 2.05) is 13.8 Å². The molecule has 0 bridgehead atoms. The number of rotatable bonds is 0. The van der Waals surface area contributed by atoms with Crippen LogP contribution >= 0.6 is 0 Å². The van der Waals surface area contributed by atoms with Crippen molar-refractivity contribution in [3.8, 4) is 5.75 Å². The Hall–Kier alpha value is -2.36. The van der Waals surface area contributed by atoms with Crippen molar-refractivity contribution < 1.29 is 14.6 Å². The van der Waals surface area contributed by atoms with Gasteiger partial charge in [0.1, 0.15) is 5.75 Å². The highest BCUT2D eigenvalue weighted by molar-refractivity contribution is 6.19. The van der Waals surface area contributed by atoms with Crippen LogP contribution in [0.4, 0.5) is 5.69 Å². The molecule has 1 aliphatic heterocycles. The van der Waals surface area contributed by atoms with Crippen LogP contribution in [0, 0.1) is 5.21 Å². The Morgan fingerprint density at radius 1 is 1.26 bits per heavy atom. The maximum absolute atomic E-state index is 12.4. The molecule has 0 aromatic heterocycles. The van der Waals surface area contributed by atoms with E-state index in [0.717, 1.165) is 10.3 Å². The van der Waals surface area contributed by atoms with Gasteiger partial charge in [-0.3, -0.25) is 4.79 Å². The molecule has 4 heteroatoms. The molecule has 96 valence electrons. The lowest BCUT2D eigenvalue weighted by atomic mass is 9.71. The number of phenols is 1. The van der Waals surface area contributed by atoms with Gasteiger partial charge in [-0.1, -0.05) is 13.8 Å². The highest BCUT2D eigenvalue weighted by atomic mass is 16.5. The smallest absolute Gasteiger partial charge is 0.221 e. The summed E-state index contributed by atoms with van der Waals surface area (Å²) in [5.41, 5.74) is 1.91. The van der Waals surface area contributed by atoms with Crippen LogP contribution in [0.25, 0.3) is 0 Å². The van der Waals surface area contributed by atoms with Crippen molar-refractivity contribution in [1.29, 1.82) is 0 Å². The average Bonchev–Trinajstić information content (AvgIpc) is 2.36. The lowest BCUT2D eigenvalue weighted by Gasteiger charge is -2.33. The number of hydrogen-bond donors (Lipinski definition) is 1.